The van der Waals surface area contributed by atoms with E-state index in [-0.39, 0.29) is 0 Å². The van der Waals surface area contributed by atoms with E-state index in [0.717, 1.165) is 59.9 Å². The summed E-state index contributed by atoms with van der Waals surface area (Å²) in [6.07, 6.45) is 0. The zero-order valence-corrected chi connectivity index (χ0v) is 33.6. The largest absolute Gasteiger partial charge is 0.309 e. The summed E-state index contributed by atoms with van der Waals surface area (Å²) in [5.74, 6) is 0.657. The predicted octanol–water partition coefficient (Wildman–Crippen LogP) is 15.2. The Bertz CT molecular complexity index is 3870. The van der Waals surface area contributed by atoms with Crippen molar-refractivity contribution < 1.29 is 0 Å². The van der Waals surface area contributed by atoms with Crippen molar-refractivity contribution in [2.24, 2.45) is 0 Å². The minimum Gasteiger partial charge on any atom is -0.309 e. The number of hydrogen-bond acceptors (Lipinski definition) is 3. The van der Waals surface area contributed by atoms with Gasteiger partial charge < -0.3 is 4.57 Å². The van der Waals surface area contributed by atoms with Gasteiger partial charge in [0.2, 0.25) is 5.95 Å². The van der Waals surface area contributed by atoms with E-state index in [2.05, 4.69) is 215 Å². The Morgan fingerprint density at radius 2 is 1.02 bits per heavy atom. The van der Waals surface area contributed by atoms with Crippen molar-refractivity contribution in [3.8, 4) is 44.5 Å². The van der Waals surface area contributed by atoms with Gasteiger partial charge in [0.05, 0.1) is 38.0 Å². The molecule has 0 aliphatic carbocycles. The fraction of sp³-hybridized carbons (Fsp3) is 0. The zero-order chi connectivity index (χ0) is 40.0. The third-order valence-corrected chi connectivity index (χ3v) is 13.5. The van der Waals surface area contributed by atoms with Crippen molar-refractivity contribution in [2.75, 3.05) is 0 Å². The number of aromatic nitrogens is 4. The third kappa shape index (κ3) is 5.18. The summed E-state index contributed by atoms with van der Waals surface area (Å²) < 4.78 is 5.80. The summed E-state index contributed by atoms with van der Waals surface area (Å²) in [7, 11) is 0. The smallest absolute Gasteiger partial charge is 0.235 e. The zero-order valence-electron chi connectivity index (χ0n) is 32.8. The molecule has 13 aromatic rings. The first kappa shape index (κ1) is 34.0. The van der Waals surface area contributed by atoms with Gasteiger partial charge in [-0.05, 0) is 63.7 Å². The van der Waals surface area contributed by atoms with Crippen LogP contribution in [0.3, 0.4) is 0 Å². The molecule has 0 saturated carbocycles. The molecule has 0 atom stereocenters. The molecule has 0 aliphatic heterocycles. The molecule has 0 amide bonds. The van der Waals surface area contributed by atoms with Gasteiger partial charge in [-0.15, -0.1) is 11.3 Å². The predicted molar refractivity (Wildman–Crippen MR) is 257 cm³/mol. The van der Waals surface area contributed by atoms with Crippen LogP contribution >= 0.6 is 11.3 Å². The van der Waals surface area contributed by atoms with E-state index in [1.54, 1.807) is 11.3 Å². The molecule has 0 unspecified atom stereocenters. The summed E-state index contributed by atoms with van der Waals surface area (Å²) in [6.45, 7) is 0. The molecule has 0 radical (unpaired) electrons. The molecular formula is C56H34N4S. The highest BCUT2D eigenvalue weighted by Crippen LogP contribution is 2.44. The van der Waals surface area contributed by atoms with Crippen LogP contribution in [0.2, 0.25) is 0 Å². The van der Waals surface area contributed by atoms with Gasteiger partial charge in [0, 0.05) is 48.6 Å². The first-order valence-electron chi connectivity index (χ1n) is 20.7. The van der Waals surface area contributed by atoms with Crippen molar-refractivity contribution in [2.45, 2.75) is 0 Å². The maximum absolute atomic E-state index is 5.54. The quantitative estimate of drug-likeness (QED) is 0.174. The van der Waals surface area contributed by atoms with Crippen LogP contribution in [0.15, 0.2) is 206 Å². The Morgan fingerprint density at radius 3 is 1.87 bits per heavy atom. The minimum atomic E-state index is 0.657. The van der Waals surface area contributed by atoms with E-state index in [0.29, 0.717) is 5.95 Å². The summed E-state index contributed by atoms with van der Waals surface area (Å²) in [6, 6.07) is 74.3. The topological polar surface area (TPSA) is 35.6 Å². The molecule has 0 saturated heterocycles. The fourth-order valence-electron chi connectivity index (χ4n) is 9.63. The molecule has 4 nitrogen and oxygen atoms in total. The summed E-state index contributed by atoms with van der Waals surface area (Å²) >= 11 is 1.77. The maximum Gasteiger partial charge on any atom is 0.235 e. The molecule has 5 heteroatoms. The lowest BCUT2D eigenvalue weighted by Gasteiger charge is -2.12. The Labute approximate surface area is 354 Å². The minimum absolute atomic E-state index is 0.657. The van der Waals surface area contributed by atoms with E-state index >= 15 is 0 Å². The van der Waals surface area contributed by atoms with Crippen LogP contribution in [0.1, 0.15) is 0 Å². The average Bonchev–Trinajstić information content (AvgIpc) is 4.02. The highest BCUT2D eigenvalue weighted by atomic mass is 32.1. The third-order valence-electron chi connectivity index (χ3n) is 12.3. The Balaban J connectivity index is 1.10. The summed E-state index contributed by atoms with van der Waals surface area (Å²) in [5.41, 5.74) is 12.2. The highest BCUT2D eigenvalue weighted by molar-refractivity contribution is 7.22. The van der Waals surface area contributed by atoms with Gasteiger partial charge >= 0.3 is 0 Å². The van der Waals surface area contributed by atoms with E-state index in [1.165, 1.54) is 54.0 Å². The van der Waals surface area contributed by atoms with Crippen LogP contribution in [0.5, 0.6) is 0 Å². The van der Waals surface area contributed by atoms with Crippen molar-refractivity contribution in [1.82, 2.24) is 19.1 Å². The molecule has 0 aliphatic rings. The van der Waals surface area contributed by atoms with Crippen molar-refractivity contribution in [1.29, 1.82) is 0 Å². The van der Waals surface area contributed by atoms with Crippen LogP contribution in [-0.2, 0) is 0 Å². The van der Waals surface area contributed by atoms with Crippen LogP contribution in [0.25, 0.3) is 120 Å². The molecule has 4 aromatic heterocycles. The number of fused-ring (bicyclic) bond motifs is 10. The molecule has 284 valence electrons. The van der Waals surface area contributed by atoms with Crippen molar-refractivity contribution in [3.05, 3.63) is 206 Å². The van der Waals surface area contributed by atoms with Gasteiger partial charge in [0.15, 0.2) is 0 Å². The average molecular weight is 795 g/mol. The molecule has 0 bridgehead atoms. The van der Waals surface area contributed by atoms with Crippen LogP contribution in [0.4, 0.5) is 0 Å². The van der Waals surface area contributed by atoms with Gasteiger partial charge in [-0.2, -0.15) is 0 Å². The Morgan fingerprint density at radius 1 is 0.377 bits per heavy atom. The molecule has 61 heavy (non-hydrogen) atoms. The molecular weight excluding hydrogens is 761 g/mol. The van der Waals surface area contributed by atoms with Gasteiger partial charge in [-0.1, -0.05) is 170 Å². The Hall–Kier alpha value is -7.86. The molecule has 0 N–H and O–H groups in total. The lowest BCUT2D eigenvalue weighted by molar-refractivity contribution is 1.02. The first-order chi connectivity index (χ1) is 30.3. The van der Waals surface area contributed by atoms with E-state index in [4.69, 9.17) is 9.97 Å². The standard InChI is InChI=1S/C56H34N4S/c1-3-17-37(18-4-1)52-55-48(34-51(61-55)44-26-13-19-35-15-7-9-22-40(35)44)57-56(58-52)60-50-32-30-38(33-47(50)46-31-29-36-16-8-10-23-41(36)54(46)60)42-25-14-27-45-43-24-11-12-28-49(43)59(53(42)45)39-20-5-2-6-21-39/h1-34H. The second-order valence-corrected chi connectivity index (χ2v) is 16.8. The second kappa shape index (κ2) is 13.3. The van der Waals surface area contributed by atoms with Crippen molar-refractivity contribution in [3.63, 3.8) is 0 Å². The SMILES string of the molecule is c1ccc(-c2nc(-n3c4ccc(-c5cccc6c7ccccc7n(-c7ccccc7)c56)cc4c4ccc5ccccc5c43)nc3cc(-c4cccc5ccccc45)sc23)cc1. The molecule has 4 heterocycles. The number of thiophene rings is 1. The number of nitrogens with zero attached hydrogens (tertiary/aromatic N) is 4. The van der Waals surface area contributed by atoms with Gasteiger partial charge in [0.1, 0.15) is 0 Å². The monoisotopic (exact) mass is 794 g/mol. The highest BCUT2D eigenvalue weighted by Gasteiger charge is 2.23. The second-order valence-electron chi connectivity index (χ2n) is 15.7. The van der Waals surface area contributed by atoms with Crippen LogP contribution in [0, 0.1) is 0 Å². The van der Waals surface area contributed by atoms with Gasteiger partial charge in [0.25, 0.3) is 0 Å². The van der Waals surface area contributed by atoms with Gasteiger partial charge in [-0.3, -0.25) is 4.57 Å². The van der Waals surface area contributed by atoms with Gasteiger partial charge in [-0.25, -0.2) is 9.97 Å². The lowest BCUT2D eigenvalue weighted by atomic mass is 9.99. The number of para-hydroxylation sites is 3. The summed E-state index contributed by atoms with van der Waals surface area (Å²) in [4.78, 5) is 12.2. The molecule has 13 rings (SSSR count). The Kier molecular flexibility index (Phi) is 7.44. The van der Waals surface area contributed by atoms with E-state index in [1.807, 2.05) is 0 Å². The molecule has 0 fully saturated rings. The molecule has 9 aromatic carbocycles. The lowest BCUT2D eigenvalue weighted by Crippen LogP contribution is -2.03. The maximum atomic E-state index is 5.54. The van der Waals surface area contributed by atoms with Crippen LogP contribution < -0.4 is 0 Å². The number of hydrogen-bond donors (Lipinski definition) is 0. The van der Waals surface area contributed by atoms with Crippen LogP contribution in [-0.4, -0.2) is 19.1 Å². The first-order valence-corrected chi connectivity index (χ1v) is 21.5. The molecule has 0 spiro atoms. The van der Waals surface area contributed by atoms with E-state index < -0.39 is 0 Å². The van der Waals surface area contributed by atoms with Crippen molar-refractivity contribution >= 4 is 86.7 Å². The normalized spacial score (nSPS) is 11.9. The fourth-order valence-corrected chi connectivity index (χ4v) is 10.8. The van der Waals surface area contributed by atoms with E-state index in [9.17, 15) is 0 Å². The number of rotatable bonds is 5. The summed E-state index contributed by atoms with van der Waals surface area (Å²) in [5, 5.41) is 9.59. The number of benzene rings is 9.